The van der Waals surface area contributed by atoms with Crippen LogP contribution in [0.2, 0.25) is 0 Å². The van der Waals surface area contributed by atoms with Gasteiger partial charge in [-0.1, -0.05) is 30.3 Å². The average Bonchev–Trinajstić information content (AvgIpc) is 3.32. The van der Waals surface area contributed by atoms with Gasteiger partial charge in [0, 0.05) is 5.56 Å². The van der Waals surface area contributed by atoms with E-state index >= 15 is 0 Å². The van der Waals surface area contributed by atoms with Gasteiger partial charge in [-0.25, -0.2) is 10.2 Å². The first kappa shape index (κ1) is 25.2. The highest BCUT2D eigenvalue weighted by Crippen LogP contribution is 2.23. The molecule has 0 fully saturated rings. The maximum absolute atomic E-state index is 12.0. The third-order valence-electron chi connectivity index (χ3n) is 4.87. The third-order valence-corrected chi connectivity index (χ3v) is 4.87. The fraction of sp³-hybridized carbons (Fsp3) is 0.231. The van der Waals surface area contributed by atoms with Gasteiger partial charge in [-0.2, -0.15) is 5.10 Å². The van der Waals surface area contributed by atoms with Gasteiger partial charge in [0.2, 0.25) is 0 Å². The Kier molecular flexibility index (Phi) is 8.77. The molecule has 9 nitrogen and oxygen atoms in total. The lowest BCUT2D eigenvalue weighted by molar-refractivity contribution is -0.127. The molecule has 0 saturated carbocycles. The van der Waals surface area contributed by atoms with Crippen LogP contribution in [0.5, 0.6) is 5.75 Å². The van der Waals surface area contributed by atoms with Crippen LogP contribution in [0.4, 0.5) is 0 Å². The van der Waals surface area contributed by atoms with Crippen LogP contribution in [0.1, 0.15) is 34.2 Å². The van der Waals surface area contributed by atoms with Gasteiger partial charge >= 0.3 is 5.97 Å². The predicted molar refractivity (Wildman–Crippen MR) is 130 cm³/mol. The molecular weight excluding hydrogens is 450 g/mol. The first-order valence-corrected chi connectivity index (χ1v) is 11.0. The Balaban J connectivity index is 1.45. The Labute approximate surface area is 203 Å². The summed E-state index contributed by atoms with van der Waals surface area (Å²) in [4.78, 5) is 35.8. The molecule has 2 aromatic carbocycles. The molecule has 1 aromatic heterocycles. The number of carbonyl (C=O) groups excluding carboxylic acids is 3. The van der Waals surface area contributed by atoms with Gasteiger partial charge in [0.1, 0.15) is 17.3 Å². The van der Waals surface area contributed by atoms with E-state index in [1.54, 1.807) is 43.3 Å². The van der Waals surface area contributed by atoms with Crippen molar-refractivity contribution in [2.75, 3.05) is 19.8 Å². The van der Waals surface area contributed by atoms with Crippen molar-refractivity contribution < 1.29 is 28.3 Å². The molecule has 0 saturated heterocycles. The minimum atomic E-state index is -0.504. The minimum Gasteiger partial charge on any atom is -0.483 e. The number of hydrogen-bond donors (Lipinski definition) is 2. The molecule has 2 amide bonds. The SMILES string of the molecule is CCOC(=O)c1cccc(-c2ccc(/C=N\NC(=O)CNC(=O)COc3c(C)cccc3C)o2)c1. The molecule has 0 aliphatic heterocycles. The number of carbonyl (C=O) groups is 3. The number of aryl methyl sites for hydroxylation is 2. The Morgan fingerprint density at radius 2 is 1.74 bits per heavy atom. The van der Waals surface area contributed by atoms with E-state index in [4.69, 9.17) is 13.9 Å². The zero-order chi connectivity index (χ0) is 25.2. The lowest BCUT2D eigenvalue weighted by Gasteiger charge is -2.11. The van der Waals surface area contributed by atoms with E-state index in [-0.39, 0.29) is 13.2 Å². The van der Waals surface area contributed by atoms with E-state index in [9.17, 15) is 14.4 Å². The normalized spacial score (nSPS) is 10.7. The number of amides is 2. The van der Waals surface area contributed by atoms with E-state index in [0.717, 1.165) is 11.1 Å². The monoisotopic (exact) mass is 477 g/mol. The molecule has 0 spiro atoms. The number of nitrogens with one attached hydrogen (secondary N) is 2. The number of rotatable bonds is 10. The summed E-state index contributed by atoms with van der Waals surface area (Å²) in [5.74, 6) is 0.243. The summed E-state index contributed by atoms with van der Waals surface area (Å²) in [5, 5.41) is 6.32. The number of furan rings is 1. The third kappa shape index (κ3) is 7.29. The molecular formula is C26H27N3O6. The smallest absolute Gasteiger partial charge is 0.338 e. The van der Waals surface area contributed by atoms with Crippen LogP contribution in [0.25, 0.3) is 11.3 Å². The van der Waals surface area contributed by atoms with Gasteiger partial charge in [-0.15, -0.1) is 0 Å². The Morgan fingerprint density at radius 3 is 2.49 bits per heavy atom. The van der Waals surface area contributed by atoms with Gasteiger partial charge in [0.05, 0.1) is 24.9 Å². The number of esters is 1. The predicted octanol–water partition coefficient (Wildman–Crippen LogP) is 3.39. The number of para-hydroxylation sites is 1. The minimum absolute atomic E-state index is 0.200. The number of benzene rings is 2. The van der Waals surface area contributed by atoms with Crippen molar-refractivity contribution in [2.45, 2.75) is 20.8 Å². The van der Waals surface area contributed by atoms with Crippen LogP contribution in [-0.4, -0.2) is 43.8 Å². The topological polar surface area (TPSA) is 119 Å². The molecule has 1 heterocycles. The lowest BCUT2D eigenvalue weighted by atomic mass is 10.1. The molecule has 35 heavy (non-hydrogen) atoms. The lowest BCUT2D eigenvalue weighted by Crippen LogP contribution is -2.37. The number of ether oxygens (including phenoxy) is 2. The molecule has 9 heteroatoms. The van der Waals surface area contributed by atoms with Crippen LogP contribution >= 0.6 is 0 Å². The highest BCUT2D eigenvalue weighted by Gasteiger charge is 2.11. The molecule has 0 aliphatic rings. The van der Waals surface area contributed by atoms with Crippen molar-refractivity contribution in [1.29, 1.82) is 0 Å². The molecule has 0 radical (unpaired) electrons. The number of nitrogens with zero attached hydrogens (tertiary/aromatic N) is 1. The van der Waals surface area contributed by atoms with Gasteiger partial charge < -0.3 is 19.2 Å². The molecule has 2 N–H and O–H groups in total. The number of hydrogen-bond acceptors (Lipinski definition) is 7. The Hall–Kier alpha value is -4.40. The van der Waals surface area contributed by atoms with E-state index in [2.05, 4.69) is 15.8 Å². The van der Waals surface area contributed by atoms with E-state index in [1.807, 2.05) is 32.0 Å². The largest absolute Gasteiger partial charge is 0.483 e. The van der Waals surface area contributed by atoms with Gasteiger partial charge in [-0.3, -0.25) is 9.59 Å². The van der Waals surface area contributed by atoms with Crippen LogP contribution in [-0.2, 0) is 14.3 Å². The van der Waals surface area contributed by atoms with Crippen LogP contribution < -0.4 is 15.5 Å². The average molecular weight is 478 g/mol. The van der Waals surface area contributed by atoms with E-state index in [1.165, 1.54) is 6.21 Å². The molecule has 182 valence electrons. The molecule has 3 aromatic rings. The summed E-state index contributed by atoms with van der Waals surface area (Å²) in [5.41, 5.74) is 5.30. The second kappa shape index (κ2) is 12.2. The second-order valence-electron chi connectivity index (χ2n) is 7.58. The molecule has 0 atom stereocenters. The summed E-state index contributed by atoms with van der Waals surface area (Å²) >= 11 is 0. The summed E-state index contributed by atoms with van der Waals surface area (Å²) in [6, 6.07) is 16.0. The quantitative estimate of drug-likeness (QED) is 0.262. The van der Waals surface area contributed by atoms with Crippen LogP contribution in [0.3, 0.4) is 0 Å². The van der Waals surface area contributed by atoms with Crippen molar-refractivity contribution in [3.8, 4) is 17.1 Å². The summed E-state index contributed by atoms with van der Waals surface area (Å²) in [7, 11) is 0. The summed E-state index contributed by atoms with van der Waals surface area (Å²) in [6.07, 6.45) is 1.34. The Morgan fingerprint density at radius 1 is 1.00 bits per heavy atom. The highest BCUT2D eigenvalue weighted by atomic mass is 16.5. The van der Waals surface area contributed by atoms with Crippen LogP contribution in [0.15, 0.2) is 64.1 Å². The molecule has 0 bridgehead atoms. The molecule has 0 aliphatic carbocycles. The Bertz CT molecular complexity index is 1210. The van der Waals surface area contributed by atoms with Gasteiger partial charge in [0.25, 0.3) is 11.8 Å². The first-order valence-electron chi connectivity index (χ1n) is 11.0. The van der Waals surface area contributed by atoms with E-state index < -0.39 is 17.8 Å². The van der Waals surface area contributed by atoms with Crippen molar-refractivity contribution in [1.82, 2.24) is 10.7 Å². The maximum atomic E-state index is 12.0. The number of hydrazone groups is 1. The van der Waals surface area contributed by atoms with Gasteiger partial charge in [0.15, 0.2) is 6.61 Å². The van der Waals surface area contributed by atoms with Crippen molar-refractivity contribution in [3.05, 3.63) is 77.0 Å². The van der Waals surface area contributed by atoms with Gasteiger partial charge in [-0.05, 0) is 56.2 Å². The molecule has 0 unspecified atom stereocenters. The molecule has 3 rings (SSSR count). The van der Waals surface area contributed by atoms with Crippen molar-refractivity contribution in [3.63, 3.8) is 0 Å². The zero-order valence-electron chi connectivity index (χ0n) is 19.8. The van der Waals surface area contributed by atoms with E-state index in [0.29, 0.717) is 35.0 Å². The first-order chi connectivity index (χ1) is 16.9. The van der Waals surface area contributed by atoms with Crippen LogP contribution in [0, 0.1) is 13.8 Å². The summed E-state index contributed by atoms with van der Waals surface area (Å²) < 4.78 is 16.3. The highest BCUT2D eigenvalue weighted by molar-refractivity contribution is 5.91. The standard InChI is InChI=1S/C26H27N3O6/c1-4-33-26(32)20-10-6-9-19(13-20)22-12-11-21(35-22)14-28-29-23(30)15-27-24(31)16-34-25-17(2)7-5-8-18(25)3/h5-14H,4,15-16H2,1-3H3,(H,27,31)(H,29,30)/b28-14-. The fourth-order valence-corrected chi connectivity index (χ4v) is 3.19. The fourth-order valence-electron chi connectivity index (χ4n) is 3.19. The maximum Gasteiger partial charge on any atom is 0.338 e. The summed E-state index contributed by atoms with van der Waals surface area (Å²) in [6.45, 7) is 5.38. The van der Waals surface area contributed by atoms with Crippen molar-refractivity contribution in [2.24, 2.45) is 5.10 Å². The van der Waals surface area contributed by atoms with Crippen molar-refractivity contribution >= 4 is 24.0 Å². The second-order valence-corrected chi connectivity index (χ2v) is 7.58. The zero-order valence-corrected chi connectivity index (χ0v) is 19.8.